The normalized spacial score (nSPS) is 21.2. The van der Waals surface area contributed by atoms with Crippen LogP contribution in [0.2, 0.25) is 0 Å². The first-order chi connectivity index (χ1) is 8.29. The van der Waals surface area contributed by atoms with Gasteiger partial charge in [-0.05, 0) is 63.8 Å². The van der Waals surface area contributed by atoms with E-state index in [4.69, 9.17) is 0 Å². The second-order valence-corrected chi connectivity index (χ2v) is 5.16. The minimum absolute atomic E-state index is 0.00537. The highest BCUT2D eigenvalue weighted by molar-refractivity contribution is 6.27. The van der Waals surface area contributed by atoms with Crippen molar-refractivity contribution in [3.8, 4) is 0 Å². The van der Waals surface area contributed by atoms with Crippen LogP contribution in [0, 0.1) is 0 Å². The van der Waals surface area contributed by atoms with Gasteiger partial charge in [-0.2, -0.15) is 0 Å². The average Bonchev–Trinajstić information content (AvgIpc) is 2.35. The third-order valence-corrected chi connectivity index (χ3v) is 4.39. The summed E-state index contributed by atoms with van der Waals surface area (Å²) in [6.45, 7) is 11.4. The van der Waals surface area contributed by atoms with E-state index >= 15 is 0 Å². The van der Waals surface area contributed by atoms with Gasteiger partial charge in [-0.15, -0.1) is 0 Å². The van der Waals surface area contributed by atoms with Crippen molar-refractivity contribution in [1.29, 1.82) is 0 Å². The van der Waals surface area contributed by atoms with E-state index in [9.17, 15) is 9.59 Å². The lowest BCUT2D eigenvalue weighted by Crippen LogP contribution is -2.26. The van der Waals surface area contributed by atoms with Gasteiger partial charge in [-0.3, -0.25) is 9.59 Å². The summed E-state index contributed by atoms with van der Waals surface area (Å²) in [7, 11) is 0. The van der Waals surface area contributed by atoms with Crippen molar-refractivity contribution in [2.45, 2.75) is 41.5 Å². The zero-order valence-corrected chi connectivity index (χ0v) is 11.8. The first kappa shape index (κ1) is 12.7. The van der Waals surface area contributed by atoms with Crippen LogP contribution in [0.25, 0.3) is 0 Å². The summed E-state index contributed by atoms with van der Waals surface area (Å²) >= 11 is 0. The Morgan fingerprint density at radius 3 is 1.00 bits per heavy atom. The second kappa shape index (κ2) is 3.91. The second-order valence-electron chi connectivity index (χ2n) is 5.16. The van der Waals surface area contributed by atoms with Crippen LogP contribution in [0.1, 0.15) is 41.5 Å². The number of ketones is 2. The molecule has 0 aromatic heterocycles. The molecule has 0 spiro atoms. The summed E-state index contributed by atoms with van der Waals surface area (Å²) in [5.41, 5.74) is 6.50. The molecule has 0 amide bonds. The number of carbonyl (C=O) groups is 2. The average molecular weight is 242 g/mol. The molecule has 0 heterocycles. The van der Waals surface area contributed by atoms with E-state index < -0.39 is 0 Å². The number of hydrogen-bond donors (Lipinski definition) is 0. The molecular weight excluding hydrogens is 224 g/mol. The minimum atomic E-state index is 0.00537. The van der Waals surface area contributed by atoms with Gasteiger partial charge in [0.1, 0.15) is 0 Å². The highest BCUT2D eigenvalue weighted by Crippen LogP contribution is 2.40. The molecule has 0 radical (unpaired) electrons. The van der Waals surface area contributed by atoms with E-state index in [1.807, 2.05) is 41.5 Å². The Kier molecular flexibility index (Phi) is 2.77. The maximum absolute atomic E-state index is 12.4. The quantitative estimate of drug-likeness (QED) is 0.652. The molecule has 2 aliphatic rings. The number of allylic oxidation sites excluding steroid dienone is 8. The van der Waals surface area contributed by atoms with Crippen molar-refractivity contribution >= 4 is 11.6 Å². The van der Waals surface area contributed by atoms with Gasteiger partial charge in [-0.1, -0.05) is 0 Å². The van der Waals surface area contributed by atoms with Gasteiger partial charge in [0.15, 0.2) is 11.6 Å². The predicted octanol–water partition coefficient (Wildman–Crippen LogP) is 3.46. The molecule has 0 atom stereocenters. The van der Waals surface area contributed by atoms with E-state index in [0.717, 1.165) is 33.4 Å². The monoisotopic (exact) mass is 242 g/mol. The van der Waals surface area contributed by atoms with Gasteiger partial charge in [-0.25, -0.2) is 0 Å². The Labute approximate surface area is 108 Å². The van der Waals surface area contributed by atoms with Gasteiger partial charge in [0.2, 0.25) is 0 Å². The van der Waals surface area contributed by atoms with Crippen molar-refractivity contribution in [2.24, 2.45) is 0 Å². The SMILES string of the molecule is CC1=C(C)C(C)=C2C(=O)C(C)=C(C)C(C)=C2C1=O. The number of hydrogen-bond acceptors (Lipinski definition) is 2. The molecule has 0 aromatic rings. The molecule has 0 saturated carbocycles. The largest absolute Gasteiger partial charge is 0.289 e. The van der Waals surface area contributed by atoms with E-state index in [2.05, 4.69) is 0 Å². The highest BCUT2D eigenvalue weighted by atomic mass is 16.1. The third-order valence-electron chi connectivity index (χ3n) is 4.39. The lowest BCUT2D eigenvalue weighted by Gasteiger charge is -2.28. The summed E-state index contributed by atoms with van der Waals surface area (Å²) in [6.07, 6.45) is 0. The molecule has 0 bridgehead atoms. The smallest absolute Gasteiger partial charge is 0.190 e. The van der Waals surface area contributed by atoms with Crippen LogP contribution < -0.4 is 0 Å². The molecule has 0 fully saturated rings. The molecular formula is C16H18O2. The van der Waals surface area contributed by atoms with Crippen LogP contribution in [0.15, 0.2) is 44.6 Å². The lowest BCUT2D eigenvalue weighted by molar-refractivity contribution is -0.115. The van der Waals surface area contributed by atoms with Crippen molar-refractivity contribution in [3.63, 3.8) is 0 Å². The predicted molar refractivity (Wildman–Crippen MR) is 72.2 cm³/mol. The van der Waals surface area contributed by atoms with Crippen LogP contribution in [-0.2, 0) is 9.59 Å². The summed E-state index contributed by atoms with van der Waals surface area (Å²) in [4.78, 5) is 24.8. The Hall–Kier alpha value is -1.70. The highest BCUT2D eigenvalue weighted by Gasteiger charge is 2.35. The minimum Gasteiger partial charge on any atom is -0.289 e. The molecule has 0 aliphatic heterocycles. The van der Waals surface area contributed by atoms with Crippen LogP contribution in [0.3, 0.4) is 0 Å². The molecule has 0 aromatic carbocycles. The maximum atomic E-state index is 12.4. The first-order valence-corrected chi connectivity index (χ1v) is 6.16. The van der Waals surface area contributed by atoms with Gasteiger partial charge in [0, 0.05) is 22.3 Å². The first-order valence-electron chi connectivity index (χ1n) is 6.16. The number of rotatable bonds is 0. The van der Waals surface area contributed by atoms with Crippen LogP contribution >= 0.6 is 0 Å². The van der Waals surface area contributed by atoms with Gasteiger partial charge >= 0.3 is 0 Å². The number of fused-ring (bicyclic) bond motifs is 1. The molecule has 0 N–H and O–H groups in total. The summed E-state index contributed by atoms with van der Waals surface area (Å²) in [5, 5.41) is 0. The fraction of sp³-hybridized carbons (Fsp3) is 0.375. The van der Waals surface area contributed by atoms with Crippen molar-refractivity contribution < 1.29 is 9.59 Å². The topological polar surface area (TPSA) is 34.1 Å². The third kappa shape index (κ3) is 1.41. The Morgan fingerprint density at radius 2 is 0.722 bits per heavy atom. The fourth-order valence-corrected chi connectivity index (χ4v) is 2.60. The molecule has 2 aliphatic carbocycles. The zero-order chi connectivity index (χ0) is 13.8. The Balaban J connectivity index is 2.88. The summed E-state index contributed by atoms with van der Waals surface area (Å²) in [6, 6.07) is 0. The van der Waals surface area contributed by atoms with E-state index in [1.165, 1.54) is 0 Å². The van der Waals surface area contributed by atoms with Crippen molar-refractivity contribution in [2.75, 3.05) is 0 Å². The van der Waals surface area contributed by atoms with Gasteiger partial charge in [0.05, 0.1) is 0 Å². The molecule has 94 valence electrons. The summed E-state index contributed by atoms with van der Waals surface area (Å²) in [5.74, 6) is 0.0107. The Morgan fingerprint density at radius 1 is 0.444 bits per heavy atom. The Bertz CT molecular complexity index is 563. The van der Waals surface area contributed by atoms with Gasteiger partial charge < -0.3 is 0 Å². The van der Waals surface area contributed by atoms with Crippen LogP contribution in [-0.4, -0.2) is 11.6 Å². The molecule has 2 nitrogen and oxygen atoms in total. The number of carbonyl (C=O) groups excluding carboxylic acids is 2. The molecule has 0 saturated heterocycles. The molecule has 0 unspecified atom stereocenters. The van der Waals surface area contributed by atoms with E-state index in [-0.39, 0.29) is 11.6 Å². The van der Waals surface area contributed by atoms with Gasteiger partial charge in [0.25, 0.3) is 0 Å². The van der Waals surface area contributed by atoms with E-state index in [1.54, 1.807) is 0 Å². The zero-order valence-electron chi connectivity index (χ0n) is 11.8. The molecule has 18 heavy (non-hydrogen) atoms. The van der Waals surface area contributed by atoms with Crippen molar-refractivity contribution in [3.05, 3.63) is 44.6 Å². The fourth-order valence-electron chi connectivity index (χ4n) is 2.60. The molecule has 2 rings (SSSR count). The standard InChI is InChI=1S/C16H18O2/c1-7-9(3)13-14(15(17)11(7)5)10(4)8(2)12(6)16(13)18/h1-6H3. The van der Waals surface area contributed by atoms with Crippen LogP contribution in [0.5, 0.6) is 0 Å². The molecule has 2 heteroatoms. The number of Topliss-reactive ketones (excluding diaryl/α,β-unsaturated/α-hetero) is 2. The maximum Gasteiger partial charge on any atom is 0.190 e. The van der Waals surface area contributed by atoms with Crippen molar-refractivity contribution in [1.82, 2.24) is 0 Å². The lowest BCUT2D eigenvalue weighted by atomic mass is 9.73. The van der Waals surface area contributed by atoms with Crippen LogP contribution in [0.4, 0.5) is 0 Å². The summed E-state index contributed by atoms with van der Waals surface area (Å²) < 4.78 is 0. The van der Waals surface area contributed by atoms with E-state index in [0.29, 0.717) is 11.1 Å².